The van der Waals surface area contributed by atoms with Crippen LogP contribution < -0.4 is 5.73 Å². The summed E-state index contributed by atoms with van der Waals surface area (Å²) >= 11 is 3.42. The third-order valence-corrected chi connectivity index (χ3v) is 2.72. The summed E-state index contributed by atoms with van der Waals surface area (Å²) in [6.45, 7) is 0. The van der Waals surface area contributed by atoms with Crippen LogP contribution >= 0.6 is 15.9 Å². The second kappa shape index (κ2) is 4.40. The van der Waals surface area contributed by atoms with Crippen LogP contribution in [0.2, 0.25) is 0 Å². The van der Waals surface area contributed by atoms with E-state index in [9.17, 15) is 4.79 Å². The first-order chi connectivity index (χ1) is 7.68. The highest BCUT2D eigenvalue weighted by Gasteiger charge is 2.08. The van der Waals surface area contributed by atoms with Gasteiger partial charge in [-0.1, -0.05) is 34.1 Å². The first kappa shape index (κ1) is 10.8. The number of aromatic nitrogens is 2. The molecule has 1 amide bonds. The largest absolute Gasteiger partial charge is 0.363 e. The molecule has 0 fully saturated rings. The maximum absolute atomic E-state index is 11.0. The van der Waals surface area contributed by atoms with Gasteiger partial charge in [0.15, 0.2) is 0 Å². The topological polar surface area (TPSA) is 68.9 Å². The average Bonchev–Trinajstić information content (AvgIpc) is 2.30. The fourth-order valence-electron chi connectivity index (χ4n) is 1.30. The summed E-state index contributed by atoms with van der Waals surface area (Å²) in [7, 11) is 0. The van der Waals surface area contributed by atoms with Crippen LogP contribution in [0.15, 0.2) is 41.0 Å². The predicted octanol–water partition coefficient (Wildman–Crippen LogP) is 2.00. The van der Waals surface area contributed by atoms with Gasteiger partial charge in [0.05, 0.1) is 5.69 Å². The number of rotatable bonds is 2. The molecule has 1 heterocycles. The Bertz CT molecular complexity index is 542. The zero-order chi connectivity index (χ0) is 11.5. The van der Waals surface area contributed by atoms with E-state index in [1.165, 1.54) is 6.20 Å². The maximum atomic E-state index is 11.0. The van der Waals surface area contributed by atoms with E-state index in [4.69, 9.17) is 5.73 Å². The molecule has 0 aliphatic heterocycles. The van der Waals surface area contributed by atoms with Gasteiger partial charge in [-0.3, -0.25) is 4.79 Å². The van der Waals surface area contributed by atoms with Gasteiger partial charge in [0.25, 0.3) is 5.91 Å². The van der Waals surface area contributed by atoms with E-state index >= 15 is 0 Å². The number of nitrogens with two attached hydrogens (primary N) is 1. The number of primary amides is 1. The lowest BCUT2D eigenvalue weighted by atomic mass is 10.1. The van der Waals surface area contributed by atoms with E-state index < -0.39 is 5.91 Å². The van der Waals surface area contributed by atoms with Gasteiger partial charge < -0.3 is 5.73 Å². The molecule has 0 aliphatic carbocycles. The Morgan fingerprint density at radius 1 is 1.25 bits per heavy atom. The lowest BCUT2D eigenvalue weighted by Crippen LogP contribution is -2.15. The standard InChI is InChI=1S/C11H8BrN3O/c12-8-4-2-1-3-7(8)9-5-6-14-11(15-9)10(13)16/h1-6H,(H2,13,16). The lowest BCUT2D eigenvalue weighted by molar-refractivity contribution is 0.0990. The molecule has 0 saturated carbocycles. The highest BCUT2D eigenvalue weighted by Crippen LogP contribution is 2.25. The molecular formula is C11H8BrN3O. The average molecular weight is 278 g/mol. The zero-order valence-electron chi connectivity index (χ0n) is 8.22. The van der Waals surface area contributed by atoms with E-state index in [-0.39, 0.29) is 5.82 Å². The van der Waals surface area contributed by atoms with Gasteiger partial charge in [0, 0.05) is 16.2 Å². The summed E-state index contributed by atoms with van der Waals surface area (Å²) in [6, 6.07) is 9.33. The summed E-state index contributed by atoms with van der Waals surface area (Å²) in [5, 5.41) is 0. The fraction of sp³-hybridized carbons (Fsp3) is 0. The van der Waals surface area contributed by atoms with Crippen LogP contribution in [0.5, 0.6) is 0 Å². The van der Waals surface area contributed by atoms with Gasteiger partial charge in [0.2, 0.25) is 5.82 Å². The van der Waals surface area contributed by atoms with Crippen molar-refractivity contribution >= 4 is 21.8 Å². The highest BCUT2D eigenvalue weighted by molar-refractivity contribution is 9.10. The molecule has 0 radical (unpaired) electrons. The number of nitrogens with zero attached hydrogens (tertiary/aromatic N) is 2. The van der Waals surface area contributed by atoms with Crippen molar-refractivity contribution in [2.45, 2.75) is 0 Å². The summed E-state index contributed by atoms with van der Waals surface area (Å²) in [6.07, 6.45) is 1.52. The van der Waals surface area contributed by atoms with E-state index in [0.29, 0.717) is 5.69 Å². The van der Waals surface area contributed by atoms with Crippen molar-refractivity contribution in [1.82, 2.24) is 9.97 Å². The van der Waals surface area contributed by atoms with Crippen LogP contribution in [0.4, 0.5) is 0 Å². The Morgan fingerprint density at radius 2 is 2.00 bits per heavy atom. The molecule has 2 aromatic rings. The molecule has 0 unspecified atom stereocenters. The number of carbonyl (C=O) groups excluding carboxylic acids is 1. The van der Waals surface area contributed by atoms with Crippen LogP contribution in [-0.4, -0.2) is 15.9 Å². The summed E-state index contributed by atoms with van der Waals surface area (Å²) in [4.78, 5) is 18.8. The van der Waals surface area contributed by atoms with Crippen LogP contribution in [0.1, 0.15) is 10.6 Å². The Morgan fingerprint density at radius 3 is 2.69 bits per heavy atom. The monoisotopic (exact) mass is 277 g/mol. The van der Waals surface area contributed by atoms with Crippen LogP contribution in [-0.2, 0) is 0 Å². The lowest BCUT2D eigenvalue weighted by Gasteiger charge is -2.03. The molecule has 0 saturated heterocycles. The third-order valence-electron chi connectivity index (χ3n) is 2.03. The first-order valence-corrected chi connectivity index (χ1v) is 5.35. The molecule has 0 spiro atoms. The Balaban J connectivity index is 2.53. The number of hydrogen-bond donors (Lipinski definition) is 1. The molecular weight excluding hydrogens is 270 g/mol. The number of hydrogen-bond acceptors (Lipinski definition) is 3. The molecule has 2 rings (SSSR count). The van der Waals surface area contributed by atoms with E-state index in [2.05, 4.69) is 25.9 Å². The van der Waals surface area contributed by atoms with Crippen molar-refractivity contribution in [2.75, 3.05) is 0 Å². The molecule has 1 aromatic heterocycles. The molecule has 5 heteroatoms. The predicted molar refractivity (Wildman–Crippen MR) is 63.7 cm³/mol. The van der Waals surface area contributed by atoms with Gasteiger partial charge in [-0.2, -0.15) is 0 Å². The molecule has 4 nitrogen and oxygen atoms in total. The van der Waals surface area contributed by atoms with Crippen molar-refractivity contribution in [2.24, 2.45) is 5.73 Å². The minimum absolute atomic E-state index is 0.0215. The number of carbonyl (C=O) groups is 1. The summed E-state index contributed by atoms with van der Waals surface area (Å²) < 4.78 is 0.907. The smallest absolute Gasteiger partial charge is 0.286 e. The minimum Gasteiger partial charge on any atom is -0.363 e. The van der Waals surface area contributed by atoms with Crippen LogP contribution in [0.3, 0.4) is 0 Å². The molecule has 0 bridgehead atoms. The van der Waals surface area contributed by atoms with Crippen molar-refractivity contribution < 1.29 is 4.79 Å². The Kier molecular flexibility index (Phi) is 2.96. The second-order valence-corrected chi connectivity index (χ2v) is 3.96. The van der Waals surface area contributed by atoms with Crippen molar-refractivity contribution in [1.29, 1.82) is 0 Å². The SMILES string of the molecule is NC(=O)c1nccc(-c2ccccc2Br)n1. The fourth-order valence-corrected chi connectivity index (χ4v) is 1.78. The van der Waals surface area contributed by atoms with E-state index in [1.54, 1.807) is 6.07 Å². The zero-order valence-corrected chi connectivity index (χ0v) is 9.81. The Hall–Kier alpha value is -1.75. The maximum Gasteiger partial charge on any atom is 0.286 e. The third kappa shape index (κ3) is 2.09. The second-order valence-electron chi connectivity index (χ2n) is 3.11. The molecule has 16 heavy (non-hydrogen) atoms. The van der Waals surface area contributed by atoms with Crippen molar-refractivity contribution in [3.05, 3.63) is 46.8 Å². The van der Waals surface area contributed by atoms with Crippen LogP contribution in [0.25, 0.3) is 11.3 Å². The number of halogens is 1. The van der Waals surface area contributed by atoms with Crippen molar-refractivity contribution in [3.8, 4) is 11.3 Å². The Labute approximate surface area is 101 Å². The van der Waals surface area contributed by atoms with Crippen molar-refractivity contribution in [3.63, 3.8) is 0 Å². The quantitative estimate of drug-likeness (QED) is 0.913. The molecule has 1 aromatic carbocycles. The number of benzene rings is 1. The van der Waals surface area contributed by atoms with Gasteiger partial charge in [-0.25, -0.2) is 9.97 Å². The molecule has 80 valence electrons. The highest BCUT2D eigenvalue weighted by atomic mass is 79.9. The molecule has 0 aliphatic rings. The molecule has 2 N–H and O–H groups in total. The summed E-state index contributed by atoms with van der Waals surface area (Å²) in [5.41, 5.74) is 6.68. The first-order valence-electron chi connectivity index (χ1n) is 4.56. The van der Waals surface area contributed by atoms with E-state index in [0.717, 1.165) is 10.0 Å². The van der Waals surface area contributed by atoms with Gasteiger partial charge >= 0.3 is 0 Å². The van der Waals surface area contributed by atoms with Gasteiger partial charge in [-0.05, 0) is 12.1 Å². The number of amides is 1. The minimum atomic E-state index is -0.631. The molecule has 0 atom stereocenters. The summed E-state index contributed by atoms with van der Waals surface area (Å²) in [5.74, 6) is -0.609. The van der Waals surface area contributed by atoms with Gasteiger partial charge in [-0.15, -0.1) is 0 Å². The normalized spacial score (nSPS) is 10.1. The van der Waals surface area contributed by atoms with E-state index in [1.807, 2.05) is 24.3 Å². The van der Waals surface area contributed by atoms with Crippen LogP contribution in [0, 0.1) is 0 Å². The van der Waals surface area contributed by atoms with Gasteiger partial charge in [0.1, 0.15) is 0 Å².